The highest BCUT2D eigenvalue weighted by atomic mass is 14.2. The summed E-state index contributed by atoms with van der Waals surface area (Å²) in [6, 6.07) is 26.7. The Bertz CT molecular complexity index is 1000. The number of benzene rings is 4. The van der Waals surface area contributed by atoms with Crippen LogP contribution in [0.3, 0.4) is 0 Å². The van der Waals surface area contributed by atoms with Crippen molar-refractivity contribution in [3.05, 3.63) is 83.9 Å². The Morgan fingerprint density at radius 1 is 0.560 bits per heavy atom. The van der Waals surface area contributed by atoms with Gasteiger partial charge in [0.2, 0.25) is 0 Å². The van der Waals surface area contributed by atoms with Crippen molar-refractivity contribution in [3.8, 4) is 11.1 Å². The van der Waals surface area contributed by atoms with Gasteiger partial charge in [0.1, 0.15) is 0 Å². The molecule has 0 saturated carbocycles. The summed E-state index contributed by atoms with van der Waals surface area (Å²) in [6.45, 7) is 9.02. The average Bonchev–Trinajstić information content (AvgIpc) is 2.62. The molecule has 0 amide bonds. The van der Waals surface area contributed by atoms with Crippen molar-refractivity contribution in [1.29, 1.82) is 0 Å². The SMILES string of the molecule is Cc1c2ccccc2c(-c2ccc(C(C)(C)C)cc2)c2ccccc12. The molecular formula is C25H24. The highest BCUT2D eigenvalue weighted by molar-refractivity contribution is 6.14. The maximum absolute atomic E-state index is 2.28. The Morgan fingerprint density at radius 3 is 1.44 bits per heavy atom. The minimum atomic E-state index is 0.177. The van der Waals surface area contributed by atoms with Crippen molar-refractivity contribution in [2.24, 2.45) is 0 Å². The van der Waals surface area contributed by atoms with Gasteiger partial charge in [-0.3, -0.25) is 0 Å². The van der Waals surface area contributed by atoms with Crippen LogP contribution in [0.25, 0.3) is 32.7 Å². The topological polar surface area (TPSA) is 0 Å². The van der Waals surface area contributed by atoms with Crippen molar-refractivity contribution in [1.82, 2.24) is 0 Å². The van der Waals surface area contributed by atoms with E-state index in [0.717, 1.165) is 0 Å². The maximum Gasteiger partial charge on any atom is -0.00266 e. The van der Waals surface area contributed by atoms with E-state index in [4.69, 9.17) is 0 Å². The van der Waals surface area contributed by atoms with Crippen LogP contribution in [-0.2, 0) is 5.41 Å². The third-order valence-electron chi connectivity index (χ3n) is 5.24. The fraction of sp³-hybridized carbons (Fsp3) is 0.200. The van der Waals surface area contributed by atoms with Gasteiger partial charge in [0.05, 0.1) is 0 Å². The first-order valence-electron chi connectivity index (χ1n) is 8.98. The van der Waals surface area contributed by atoms with E-state index in [1.54, 1.807) is 0 Å². The Kier molecular flexibility index (Phi) is 3.65. The molecule has 0 nitrogen and oxygen atoms in total. The van der Waals surface area contributed by atoms with Gasteiger partial charge in [-0.15, -0.1) is 0 Å². The Morgan fingerprint density at radius 2 is 1.00 bits per heavy atom. The van der Waals surface area contributed by atoms with Gasteiger partial charge in [-0.2, -0.15) is 0 Å². The third-order valence-corrected chi connectivity index (χ3v) is 5.24. The zero-order valence-corrected chi connectivity index (χ0v) is 15.4. The molecule has 0 bridgehead atoms. The quantitative estimate of drug-likeness (QED) is 0.323. The second-order valence-electron chi connectivity index (χ2n) is 7.92. The number of hydrogen-bond acceptors (Lipinski definition) is 0. The van der Waals surface area contributed by atoms with Crippen molar-refractivity contribution < 1.29 is 0 Å². The molecule has 0 aliphatic heterocycles. The molecule has 0 heterocycles. The van der Waals surface area contributed by atoms with Crippen LogP contribution in [0.15, 0.2) is 72.8 Å². The van der Waals surface area contributed by atoms with Crippen LogP contribution in [-0.4, -0.2) is 0 Å². The molecule has 124 valence electrons. The second-order valence-corrected chi connectivity index (χ2v) is 7.92. The largest absolute Gasteiger partial charge is 0.0616 e. The van der Waals surface area contributed by atoms with Gasteiger partial charge in [-0.1, -0.05) is 93.6 Å². The summed E-state index contributed by atoms with van der Waals surface area (Å²) >= 11 is 0. The van der Waals surface area contributed by atoms with E-state index in [1.165, 1.54) is 43.8 Å². The summed E-state index contributed by atoms with van der Waals surface area (Å²) in [5, 5.41) is 5.36. The lowest BCUT2D eigenvalue weighted by Crippen LogP contribution is -2.10. The fourth-order valence-corrected chi connectivity index (χ4v) is 3.79. The first kappa shape index (κ1) is 15.9. The number of fused-ring (bicyclic) bond motifs is 2. The van der Waals surface area contributed by atoms with E-state index in [0.29, 0.717) is 0 Å². The maximum atomic E-state index is 2.28. The lowest BCUT2D eigenvalue weighted by molar-refractivity contribution is 0.590. The molecule has 4 aromatic rings. The van der Waals surface area contributed by atoms with Crippen LogP contribution in [0.1, 0.15) is 31.9 Å². The van der Waals surface area contributed by atoms with Crippen molar-refractivity contribution in [2.45, 2.75) is 33.1 Å². The number of aryl methyl sites for hydroxylation is 1. The molecule has 4 aromatic carbocycles. The zero-order chi connectivity index (χ0) is 17.6. The van der Waals surface area contributed by atoms with Crippen LogP contribution < -0.4 is 0 Å². The first-order valence-corrected chi connectivity index (χ1v) is 8.98. The second kappa shape index (κ2) is 5.74. The zero-order valence-electron chi connectivity index (χ0n) is 15.4. The molecule has 0 aliphatic carbocycles. The van der Waals surface area contributed by atoms with Crippen LogP contribution >= 0.6 is 0 Å². The number of hydrogen-bond donors (Lipinski definition) is 0. The normalized spacial score (nSPS) is 12.0. The Balaban J connectivity index is 2.07. The summed E-state index contributed by atoms with van der Waals surface area (Å²) in [5.74, 6) is 0. The van der Waals surface area contributed by atoms with Crippen molar-refractivity contribution >= 4 is 21.5 Å². The van der Waals surface area contributed by atoms with Crippen LogP contribution in [0.4, 0.5) is 0 Å². The molecule has 25 heavy (non-hydrogen) atoms. The highest BCUT2D eigenvalue weighted by Gasteiger charge is 2.15. The Labute approximate surface area is 150 Å². The molecule has 0 aliphatic rings. The van der Waals surface area contributed by atoms with E-state index in [-0.39, 0.29) is 5.41 Å². The monoisotopic (exact) mass is 324 g/mol. The first-order chi connectivity index (χ1) is 12.0. The minimum absolute atomic E-state index is 0.177. The predicted molar refractivity (Wildman–Crippen MR) is 110 cm³/mol. The molecule has 0 aromatic heterocycles. The molecule has 0 unspecified atom stereocenters. The summed E-state index contributed by atoms with van der Waals surface area (Å²) < 4.78 is 0. The summed E-state index contributed by atoms with van der Waals surface area (Å²) in [7, 11) is 0. The Hall–Kier alpha value is -2.60. The van der Waals surface area contributed by atoms with Gasteiger partial charge >= 0.3 is 0 Å². The minimum Gasteiger partial charge on any atom is -0.0616 e. The van der Waals surface area contributed by atoms with Gasteiger partial charge in [-0.25, -0.2) is 0 Å². The smallest absolute Gasteiger partial charge is 0.00266 e. The summed E-state index contributed by atoms with van der Waals surface area (Å²) in [5.41, 5.74) is 5.55. The van der Waals surface area contributed by atoms with E-state index < -0.39 is 0 Å². The van der Waals surface area contributed by atoms with Gasteiger partial charge < -0.3 is 0 Å². The summed E-state index contributed by atoms with van der Waals surface area (Å²) in [4.78, 5) is 0. The van der Waals surface area contributed by atoms with Gasteiger partial charge in [0.15, 0.2) is 0 Å². The molecule has 4 rings (SSSR count). The van der Waals surface area contributed by atoms with Crippen molar-refractivity contribution in [3.63, 3.8) is 0 Å². The van der Waals surface area contributed by atoms with E-state index in [2.05, 4.69) is 100 Å². The van der Waals surface area contributed by atoms with Crippen LogP contribution in [0.5, 0.6) is 0 Å². The van der Waals surface area contributed by atoms with Crippen molar-refractivity contribution in [2.75, 3.05) is 0 Å². The van der Waals surface area contributed by atoms with E-state index in [9.17, 15) is 0 Å². The molecular weight excluding hydrogens is 300 g/mol. The molecule has 0 heteroatoms. The average molecular weight is 324 g/mol. The van der Waals surface area contributed by atoms with Gasteiger partial charge in [0.25, 0.3) is 0 Å². The van der Waals surface area contributed by atoms with E-state index >= 15 is 0 Å². The lowest BCUT2D eigenvalue weighted by Gasteiger charge is -2.20. The third kappa shape index (κ3) is 2.62. The molecule has 0 fully saturated rings. The molecule has 0 atom stereocenters. The molecule has 0 spiro atoms. The standard InChI is InChI=1S/C25H24/c1-17-20-9-5-7-11-22(20)24(23-12-8-6-10-21(17)23)18-13-15-19(16-14-18)25(2,3)4/h5-16H,1-4H3. The highest BCUT2D eigenvalue weighted by Crippen LogP contribution is 2.39. The molecule has 0 N–H and O–H groups in total. The van der Waals surface area contributed by atoms with Gasteiger partial charge in [-0.05, 0) is 56.1 Å². The molecule has 0 saturated heterocycles. The lowest BCUT2D eigenvalue weighted by atomic mass is 9.84. The molecule has 0 radical (unpaired) electrons. The van der Waals surface area contributed by atoms with Crippen LogP contribution in [0, 0.1) is 6.92 Å². The fourth-order valence-electron chi connectivity index (χ4n) is 3.79. The van der Waals surface area contributed by atoms with E-state index in [1.807, 2.05) is 0 Å². The van der Waals surface area contributed by atoms with Crippen LogP contribution in [0.2, 0.25) is 0 Å². The predicted octanol–water partition coefficient (Wildman–Crippen LogP) is 7.27. The van der Waals surface area contributed by atoms with Gasteiger partial charge in [0, 0.05) is 0 Å². The number of rotatable bonds is 1. The summed E-state index contributed by atoms with van der Waals surface area (Å²) in [6.07, 6.45) is 0.